The molecule has 0 unspecified atom stereocenters. The number of amides is 2. The number of hydrogen-bond acceptors (Lipinski definition) is 2. The highest BCUT2D eigenvalue weighted by Crippen LogP contribution is 2.47. The Kier molecular flexibility index (Phi) is 4.44. The monoisotopic (exact) mass is 314 g/mol. The summed E-state index contributed by atoms with van der Waals surface area (Å²) in [6.07, 6.45) is 0.683. The molecule has 2 amide bonds. The first kappa shape index (κ1) is 16.3. The van der Waals surface area contributed by atoms with Crippen LogP contribution in [0.4, 0.5) is 18.9 Å². The third-order valence-corrected chi connectivity index (χ3v) is 3.57. The van der Waals surface area contributed by atoms with Crippen molar-refractivity contribution in [2.24, 2.45) is 11.3 Å². The summed E-state index contributed by atoms with van der Waals surface area (Å²) in [5.74, 6) is -5.39. The molecule has 0 radical (unpaired) electrons. The number of carbonyl (C=O) groups is 2. The van der Waals surface area contributed by atoms with Gasteiger partial charge in [-0.25, -0.2) is 13.2 Å². The zero-order chi connectivity index (χ0) is 16.5. The number of rotatable bonds is 5. The van der Waals surface area contributed by atoms with Gasteiger partial charge in [0.05, 0.1) is 5.69 Å². The van der Waals surface area contributed by atoms with E-state index in [4.69, 9.17) is 0 Å². The predicted octanol–water partition coefficient (Wildman–Crippen LogP) is 2.59. The quantitative estimate of drug-likeness (QED) is 0.648. The van der Waals surface area contributed by atoms with Crippen LogP contribution >= 0.6 is 0 Å². The second kappa shape index (κ2) is 5.98. The van der Waals surface area contributed by atoms with Gasteiger partial charge >= 0.3 is 0 Å². The SMILES string of the molecule is CC(C)CNC(=O)C1(C(=O)Nc2ccc(F)c(F)c2F)CC1. The zero-order valence-electron chi connectivity index (χ0n) is 12.3. The van der Waals surface area contributed by atoms with E-state index in [9.17, 15) is 22.8 Å². The van der Waals surface area contributed by atoms with E-state index >= 15 is 0 Å². The van der Waals surface area contributed by atoms with Crippen LogP contribution < -0.4 is 10.6 Å². The van der Waals surface area contributed by atoms with E-state index in [1.807, 2.05) is 13.8 Å². The van der Waals surface area contributed by atoms with Crippen LogP contribution in [0.1, 0.15) is 26.7 Å². The van der Waals surface area contributed by atoms with Gasteiger partial charge in [0, 0.05) is 6.54 Å². The molecule has 1 aromatic rings. The van der Waals surface area contributed by atoms with Gasteiger partial charge in [-0.2, -0.15) is 0 Å². The minimum absolute atomic E-state index is 0.228. The van der Waals surface area contributed by atoms with E-state index in [2.05, 4.69) is 10.6 Å². The van der Waals surface area contributed by atoms with Crippen molar-refractivity contribution in [3.63, 3.8) is 0 Å². The molecule has 1 aliphatic carbocycles. The summed E-state index contributed by atoms with van der Waals surface area (Å²) in [5, 5.41) is 4.83. The highest BCUT2D eigenvalue weighted by molar-refractivity contribution is 6.13. The topological polar surface area (TPSA) is 58.2 Å². The Labute approximate surface area is 126 Å². The van der Waals surface area contributed by atoms with Gasteiger partial charge in [0.1, 0.15) is 5.41 Å². The van der Waals surface area contributed by atoms with Gasteiger partial charge < -0.3 is 10.6 Å². The summed E-state index contributed by atoms with van der Waals surface area (Å²) in [4.78, 5) is 24.2. The van der Waals surface area contributed by atoms with E-state index in [-0.39, 0.29) is 5.92 Å². The van der Waals surface area contributed by atoms with Crippen molar-refractivity contribution >= 4 is 17.5 Å². The average Bonchev–Trinajstić information content (AvgIpc) is 3.27. The van der Waals surface area contributed by atoms with Crippen LogP contribution in [0.5, 0.6) is 0 Å². The minimum atomic E-state index is -1.66. The second-order valence-corrected chi connectivity index (χ2v) is 5.86. The van der Waals surface area contributed by atoms with Crippen LogP contribution in [0.3, 0.4) is 0 Å². The molecule has 120 valence electrons. The lowest BCUT2D eigenvalue weighted by atomic mass is 10.0. The van der Waals surface area contributed by atoms with Gasteiger partial charge in [0.2, 0.25) is 11.8 Å². The highest BCUT2D eigenvalue weighted by Gasteiger charge is 2.56. The number of nitrogens with one attached hydrogen (secondary N) is 2. The van der Waals surface area contributed by atoms with Crippen molar-refractivity contribution in [1.82, 2.24) is 5.32 Å². The lowest BCUT2D eigenvalue weighted by molar-refractivity contribution is -0.134. The number of carbonyl (C=O) groups excluding carboxylic acids is 2. The fraction of sp³-hybridized carbons (Fsp3) is 0.467. The van der Waals surface area contributed by atoms with Crippen LogP contribution in [0.15, 0.2) is 12.1 Å². The standard InChI is InChI=1S/C15H17F3N2O2/c1-8(2)7-19-13(21)15(5-6-15)14(22)20-10-4-3-9(16)11(17)12(10)18/h3-4,8H,5-7H2,1-2H3,(H,19,21)(H,20,22). The number of hydrogen-bond donors (Lipinski definition) is 2. The summed E-state index contributed by atoms with van der Waals surface area (Å²) in [6, 6.07) is 1.64. The first-order valence-electron chi connectivity index (χ1n) is 7.01. The van der Waals surface area contributed by atoms with Crippen molar-refractivity contribution in [3.8, 4) is 0 Å². The Hall–Kier alpha value is -2.05. The predicted molar refractivity (Wildman–Crippen MR) is 74.5 cm³/mol. The molecule has 0 heterocycles. The summed E-state index contributed by atoms with van der Waals surface area (Å²) < 4.78 is 39.6. The van der Waals surface area contributed by atoms with Gasteiger partial charge in [0.25, 0.3) is 0 Å². The van der Waals surface area contributed by atoms with Gasteiger partial charge in [0.15, 0.2) is 17.5 Å². The molecule has 2 N–H and O–H groups in total. The largest absolute Gasteiger partial charge is 0.355 e. The molecule has 0 atom stereocenters. The number of halogens is 3. The minimum Gasteiger partial charge on any atom is -0.355 e. The molecular formula is C15H17F3N2O2. The molecule has 1 saturated carbocycles. The van der Waals surface area contributed by atoms with Gasteiger partial charge in [-0.3, -0.25) is 9.59 Å². The fourth-order valence-electron chi connectivity index (χ4n) is 2.01. The lowest BCUT2D eigenvalue weighted by Gasteiger charge is -2.16. The maximum absolute atomic E-state index is 13.6. The fourth-order valence-corrected chi connectivity index (χ4v) is 2.01. The molecule has 0 aromatic heterocycles. The van der Waals surface area contributed by atoms with Crippen LogP contribution in [0, 0.1) is 28.8 Å². The third kappa shape index (κ3) is 3.08. The van der Waals surface area contributed by atoms with Crippen LogP contribution in [0.25, 0.3) is 0 Å². The van der Waals surface area contributed by atoms with E-state index in [1.54, 1.807) is 0 Å². The molecule has 0 bridgehead atoms. The normalized spacial score (nSPS) is 15.5. The van der Waals surface area contributed by atoms with Crippen molar-refractivity contribution in [1.29, 1.82) is 0 Å². The molecule has 1 aromatic carbocycles. The molecule has 22 heavy (non-hydrogen) atoms. The zero-order valence-corrected chi connectivity index (χ0v) is 12.3. The molecule has 4 nitrogen and oxygen atoms in total. The second-order valence-electron chi connectivity index (χ2n) is 5.86. The van der Waals surface area contributed by atoms with Crippen LogP contribution in [0.2, 0.25) is 0 Å². The Bertz CT molecular complexity index is 613. The van der Waals surface area contributed by atoms with E-state index in [1.165, 1.54) is 0 Å². The van der Waals surface area contributed by atoms with Crippen molar-refractivity contribution in [2.75, 3.05) is 11.9 Å². The summed E-state index contributed by atoms with van der Waals surface area (Å²) in [6.45, 7) is 4.25. The van der Waals surface area contributed by atoms with Crippen LogP contribution in [-0.2, 0) is 9.59 Å². The summed E-state index contributed by atoms with van der Waals surface area (Å²) >= 11 is 0. The smallest absolute Gasteiger partial charge is 0.240 e. The molecule has 0 spiro atoms. The Morgan fingerprint density at radius 3 is 2.32 bits per heavy atom. The summed E-state index contributed by atoms with van der Waals surface area (Å²) in [7, 11) is 0. The van der Waals surface area contributed by atoms with Gasteiger partial charge in [-0.15, -0.1) is 0 Å². The highest BCUT2D eigenvalue weighted by atomic mass is 19.2. The first-order chi connectivity index (χ1) is 10.3. The Balaban J connectivity index is 2.09. The molecule has 1 fully saturated rings. The Morgan fingerprint density at radius 1 is 1.14 bits per heavy atom. The number of benzene rings is 1. The van der Waals surface area contributed by atoms with E-state index < -0.39 is 40.4 Å². The maximum Gasteiger partial charge on any atom is 0.240 e. The van der Waals surface area contributed by atoms with Gasteiger partial charge in [-0.1, -0.05) is 13.8 Å². The van der Waals surface area contributed by atoms with Crippen molar-refractivity contribution < 1.29 is 22.8 Å². The average molecular weight is 314 g/mol. The Morgan fingerprint density at radius 2 is 1.77 bits per heavy atom. The van der Waals surface area contributed by atoms with Crippen LogP contribution in [-0.4, -0.2) is 18.4 Å². The lowest BCUT2D eigenvalue weighted by Crippen LogP contribution is -2.41. The molecule has 7 heteroatoms. The van der Waals surface area contributed by atoms with E-state index in [0.717, 1.165) is 6.07 Å². The molecule has 1 aliphatic rings. The molecule has 0 saturated heterocycles. The first-order valence-corrected chi connectivity index (χ1v) is 7.01. The third-order valence-electron chi connectivity index (χ3n) is 3.57. The summed E-state index contributed by atoms with van der Waals surface area (Å²) in [5.41, 5.74) is -1.72. The number of anilines is 1. The maximum atomic E-state index is 13.6. The van der Waals surface area contributed by atoms with Crippen molar-refractivity contribution in [2.45, 2.75) is 26.7 Å². The van der Waals surface area contributed by atoms with Gasteiger partial charge in [-0.05, 0) is 30.9 Å². The van der Waals surface area contributed by atoms with E-state index in [0.29, 0.717) is 25.5 Å². The molecule has 0 aliphatic heterocycles. The molecule has 2 rings (SSSR count). The molecular weight excluding hydrogens is 297 g/mol. The van der Waals surface area contributed by atoms with Crippen molar-refractivity contribution in [3.05, 3.63) is 29.6 Å².